The molecule has 94 valence electrons. The third-order valence-electron chi connectivity index (χ3n) is 2.97. The van der Waals surface area contributed by atoms with Crippen LogP contribution in [0.2, 0.25) is 0 Å². The van der Waals surface area contributed by atoms with Gasteiger partial charge in [-0.1, -0.05) is 12.1 Å². The quantitative estimate of drug-likeness (QED) is 0.820. The lowest BCUT2D eigenvalue weighted by molar-refractivity contribution is -0.157. The van der Waals surface area contributed by atoms with Crippen LogP contribution in [0.5, 0.6) is 0 Å². The molecule has 1 atom stereocenters. The number of anilines is 1. The molecule has 0 heterocycles. The minimum Gasteiger partial charge on any atom is -0.479 e. The lowest BCUT2D eigenvalue weighted by Crippen LogP contribution is -2.31. The number of aliphatic hydroxyl groups is 1. The van der Waals surface area contributed by atoms with Gasteiger partial charge >= 0.3 is 5.97 Å². The molecule has 1 rings (SSSR count). The van der Waals surface area contributed by atoms with Crippen LogP contribution in [-0.4, -0.2) is 29.3 Å². The van der Waals surface area contributed by atoms with Gasteiger partial charge in [0.15, 0.2) is 5.60 Å². The average Bonchev–Trinajstić information content (AvgIpc) is 2.31. The maximum Gasteiger partial charge on any atom is 0.340 e. The van der Waals surface area contributed by atoms with Crippen LogP contribution in [0.3, 0.4) is 0 Å². The number of carboxylic acids is 1. The molecule has 0 bridgehead atoms. The van der Waals surface area contributed by atoms with Crippen molar-refractivity contribution in [3.8, 4) is 0 Å². The second-order valence-corrected chi connectivity index (χ2v) is 4.10. The van der Waals surface area contributed by atoms with Crippen LogP contribution >= 0.6 is 0 Å². The summed E-state index contributed by atoms with van der Waals surface area (Å²) in [7, 11) is 0. The molecular formula is C13H19NO3. The number of hydrogen-bond acceptors (Lipinski definition) is 3. The minimum atomic E-state index is -1.83. The smallest absolute Gasteiger partial charge is 0.340 e. The van der Waals surface area contributed by atoms with Gasteiger partial charge in [-0.25, -0.2) is 4.79 Å². The summed E-state index contributed by atoms with van der Waals surface area (Å²) in [5.74, 6) is -1.24. The average molecular weight is 237 g/mol. The van der Waals surface area contributed by atoms with E-state index in [2.05, 4.69) is 18.7 Å². The first-order valence-electron chi connectivity index (χ1n) is 5.74. The highest BCUT2D eigenvalue weighted by Crippen LogP contribution is 2.23. The second-order valence-electron chi connectivity index (χ2n) is 4.10. The van der Waals surface area contributed by atoms with Crippen molar-refractivity contribution < 1.29 is 15.0 Å². The van der Waals surface area contributed by atoms with E-state index >= 15 is 0 Å². The Balaban J connectivity index is 2.99. The topological polar surface area (TPSA) is 60.8 Å². The third kappa shape index (κ3) is 2.77. The van der Waals surface area contributed by atoms with Gasteiger partial charge in [-0.05, 0) is 38.5 Å². The number of carbonyl (C=O) groups is 1. The van der Waals surface area contributed by atoms with Gasteiger partial charge in [0.2, 0.25) is 0 Å². The maximum absolute atomic E-state index is 10.9. The summed E-state index contributed by atoms with van der Waals surface area (Å²) in [4.78, 5) is 13.0. The van der Waals surface area contributed by atoms with Crippen LogP contribution in [0.4, 0.5) is 5.69 Å². The van der Waals surface area contributed by atoms with E-state index in [0.29, 0.717) is 5.56 Å². The number of aliphatic carboxylic acids is 1. The molecule has 0 aliphatic carbocycles. The first-order chi connectivity index (χ1) is 7.93. The van der Waals surface area contributed by atoms with E-state index in [-0.39, 0.29) is 0 Å². The standard InChI is InChI=1S/C13H19NO3/c1-4-14(5-2)11-8-6-10(7-9-11)13(3,17)12(15)16/h6-9,17H,4-5H2,1-3H3,(H,15,16). The summed E-state index contributed by atoms with van der Waals surface area (Å²) in [5.41, 5.74) is -0.414. The highest BCUT2D eigenvalue weighted by molar-refractivity contribution is 5.78. The first kappa shape index (κ1) is 13.5. The molecule has 4 nitrogen and oxygen atoms in total. The molecule has 0 saturated carbocycles. The summed E-state index contributed by atoms with van der Waals surface area (Å²) < 4.78 is 0. The van der Waals surface area contributed by atoms with E-state index < -0.39 is 11.6 Å². The molecule has 0 aromatic heterocycles. The number of rotatable bonds is 5. The molecule has 0 radical (unpaired) electrons. The minimum absolute atomic E-state index is 0.390. The fraction of sp³-hybridized carbons (Fsp3) is 0.462. The Labute approximate surface area is 101 Å². The van der Waals surface area contributed by atoms with E-state index in [4.69, 9.17) is 5.11 Å². The number of benzene rings is 1. The second kappa shape index (κ2) is 5.19. The molecule has 0 fully saturated rings. The van der Waals surface area contributed by atoms with Crippen LogP contribution in [0.25, 0.3) is 0 Å². The first-order valence-corrected chi connectivity index (χ1v) is 5.74. The zero-order valence-corrected chi connectivity index (χ0v) is 10.5. The molecule has 0 spiro atoms. The predicted molar refractivity (Wildman–Crippen MR) is 67.2 cm³/mol. The van der Waals surface area contributed by atoms with E-state index in [9.17, 15) is 9.90 Å². The van der Waals surface area contributed by atoms with Crippen LogP contribution < -0.4 is 4.90 Å². The Kier molecular flexibility index (Phi) is 4.12. The van der Waals surface area contributed by atoms with Crippen molar-refractivity contribution in [3.63, 3.8) is 0 Å². The summed E-state index contributed by atoms with van der Waals surface area (Å²) in [5, 5.41) is 18.7. The van der Waals surface area contributed by atoms with Gasteiger partial charge in [-0.15, -0.1) is 0 Å². The van der Waals surface area contributed by atoms with E-state index in [1.807, 2.05) is 12.1 Å². The largest absolute Gasteiger partial charge is 0.479 e. The Hall–Kier alpha value is -1.55. The molecule has 1 unspecified atom stereocenters. The monoisotopic (exact) mass is 237 g/mol. The summed E-state index contributed by atoms with van der Waals surface area (Å²) in [6, 6.07) is 6.98. The molecule has 0 aliphatic rings. The van der Waals surface area contributed by atoms with Crippen molar-refractivity contribution in [2.24, 2.45) is 0 Å². The summed E-state index contributed by atoms with van der Waals surface area (Å²) >= 11 is 0. The van der Waals surface area contributed by atoms with Crippen LogP contribution in [-0.2, 0) is 10.4 Å². The van der Waals surface area contributed by atoms with E-state index in [1.54, 1.807) is 12.1 Å². The Morgan fingerprint density at radius 1 is 1.24 bits per heavy atom. The normalized spacial score (nSPS) is 14.1. The molecule has 17 heavy (non-hydrogen) atoms. The van der Waals surface area contributed by atoms with Gasteiger partial charge < -0.3 is 15.1 Å². The van der Waals surface area contributed by atoms with Gasteiger partial charge in [0.25, 0.3) is 0 Å². The zero-order valence-electron chi connectivity index (χ0n) is 10.5. The molecule has 0 amide bonds. The van der Waals surface area contributed by atoms with Crippen molar-refractivity contribution in [3.05, 3.63) is 29.8 Å². The van der Waals surface area contributed by atoms with Crippen LogP contribution in [0.1, 0.15) is 26.3 Å². The fourth-order valence-corrected chi connectivity index (χ4v) is 1.71. The van der Waals surface area contributed by atoms with Crippen molar-refractivity contribution in [1.82, 2.24) is 0 Å². The molecule has 0 aliphatic heterocycles. The zero-order chi connectivity index (χ0) is 13.1. The lowest BCUT2D eigenvalue weighted by atomic mass is 9.96. The number of hydrogen-bond donors (Lipinski definition) is 2. The number of carboxylic acid groups (broad SMARTS) is 1. The highest BCUT2D eigenvalue weighted by Gasteiger charge is 2.31. The molecule has 2 N–H and O–H groups in total. The van der Waals surface area contributed by atoms with Crippen molar-refractivity contribution in [2.75, 3.05) is 18.0 Å². The maximum atomic E-state index is 10.9. The number of nitrogens with zero attached hydrogens (tertiary/aromatic N) is 1. The Morgan fingerprint density at radius 2 is 1.71 bits per heavy atom. The van der Waals surface area contributed by atoms with Gasteiger partial charge in [0.1, 0.15) is 0 Å². The molecule has 4 heteroatoms. The molecule has 1 aromatic carbocycles. The van der Waals surface area contributed by atoms with E-state index in [0.717, 1.165) is 18.8 Å². The van der Waals surface area contributed by atoms with Crippen LogP contribution in [0.15, 0.2) is 24.3 Å². The fourth-order valence-electron chi connectivity index (χ4n) is 1.71. The molecule has 1 aromatic rings. The predicted octanol–water partition coefficient (Wildman–Crippen LogP) is 1.82. The summed E-state index contributed by atoms with van der Waals surface area (Å²) in [6.07, 6.45) is 0. The van der Waals surface area contributed by atoms with E-state index in [1.165, 1.54) is 6.92 Å². The van der Waals surface area contributed by atoms with Crippen LogP contribution in [0, 0.1) is 0 Å². The van der Waals surface area contributed by atoms with Crippen molar-refractivity contribution in [1.29, 1.82) is 0 Å². The Morgan fingerprint density at radius 3 is 2.06 bits per heavy atom. The molecular weight excluding hydrogens is 218 g/mol. The SMILES string of the molecule is CCN(CC)c1ccc(C(C)(O)C(=O)O)cc1. The Bertz CT molecular complexity index is 380. The van der Waals surface area contributed by atoms with Crippen molar-refractivity contribution >= 4 is 11.7 Å². The summed E-state index contributed by atoms with van der Waals surface area (Å²) in [6.45, 7) is 7.19. The molecule has 0 saturated heterocycles. The van der Waals surface area contributed by atoms with Crippen molar-refractivity contribution in [2.45, 2.75) is 26.4 Å². The lowest BCUT2D eigenvalue weighted by Gasteiger charge is -2.23. The van der Waals surface area contributed by atoms with Gasteiger partial charge in [0, 0.05) is 18.8 Å². The van der Waals surface area contributed by atoms with Gasteiger partial charge in [0.05, 0.1) is 0 Å². The van der Waals surface area contributed by atoms with Gasteiger partial charge in [-0.2, -0.15) is 0 Å². The third-order valence-corrected chi connectivity index (χ3v) is 2.97. The highest BCUT2D eigenvalue weighted by atomic mass is 16.4. The van der Waals surface area contributed by atoms with Gasteiger partial charge in [-0.3, -0.25) is 0 Å².